The van der Waals surface area contributed by atoms with Crippen molar-refractivity contribution in [3.63, 3.8) is 0 Å². The molecular formula is C12H21NO2. The molecule has 1 aliphatic carbocycles. The maximum absolute atomic E-state index is 11.2. The molecule has 0 bridgehead atoms. The molecule has 1 saturated heterocycles. The highest BCUT2D eigenvalue weighted by atomic mass is 16.4. The minimum Gasteiger partial charge on any atom is -0.481 e. The molecular weight excluding hydrogens is 190 g/mol. The zero-order chi connectivity index (χ0) is 10.9. The van der Waals surface area contributed by atoms with Crippen molar-refractivity contribution >= 4 is 5.97 Å². The van der Waals surface area contributed by atoms with E-state index in [0.29, 0.717) is 0 Å². The molecule has 3 heteroatoms. The number of hydrogen-bond donors (Lipinski definition) is 1. The van der Waals surface area contributed by atoms with E-state index >= 15 is 0 Å². The summed E-state index contributed by atoms with van der Waals surface area (Å²) in [7, 11) is 0. The normalized spacial score (nSPS) is 26.5. The lowest BCUT2D eigenvalue weighted by molar-refractivity contribution is -0.152. The van der Waals surface area contributed by atoms with Crippen LogP contribution in [0.15, 0.2) is 0 Å². The Kier molecular flexibility index (Phi) is 3.01. The molecule has 1 aliphatic heterocycles. The molecule has 3 nitrogen and oxygen atoms in total. The lowest BCUT2D eigenvalue weighted by atomic mass is 9.76. The Hall–Kier alpha value is -0.570. The number of carbonyl (C=O) groups is 1. The average Bonchev–Trinajstić information content (AvgIpc) is 3.03. The van der Waals surface area contributed by atoms with Crippen molar-refractivity contribution in [1.29, 1.82) is 0 Å². The van der Waals surface area contributed by atoms with E-state index in [9.17, 15) is 9.90 Å². The van der Waals surface area contributed by atoms with E-state index in [2.05, 4.69) is 4.90 Å². The molecule has 86 valence electrons. The standard InChI is InChI=1S/C12H21NO2/c1-2-12(11(14)15)5-7-13(8-6-12)9-10-3-4-10/h10H,2-9H2,1H3,(H,14,15). The Labute approximate surface area is 91.5 Å². The third-order valence-corrected chi connectivity index (χ3v) is 4.16. The summed E-state index contributed by atoms with van der Waals surface area (Å²) in [6.07, 6.45) is 5.22. The van der Waals surface area contributed by atoms with Crippen molar-refractivity contribution in [1.82, 2.24) is 4.90 Å². The summed E-state index contributed by atoms with van der Waals surface area (Å²) in [6, 6.07) is 0. The van der Waals surface area contributed by atoms with Crippen molar-refractivity contribution in [3.8, 4) is 0 Å². The predicted molar refractivity (Wildman–Crippen MR) is 58.8 cm³/mol. The van der Waals surface area contributed by atoms with E-state index in [-0.39, 0.29) is 0 Å². The fraction of sp³-hybridized carbons (Fsp3) is 0.917. The van der Waals surface area contributed by atoms with Crippen LogP contribution in [0.5, 0.6) is 0 Å². The van der Waals surface area contributed by atoms with Gasteiger partial charge in [-0.2, -0.15) is 0 Å². The largest absolute Gasteiger partial charge is 0.481 e. The van der Waals surface area contributed by atoms with Gasteiger partial charge in [0.05, 0.1) is 5.41 Å². The van der Waals surface area contributed by atoms with Crippen molar-refractivity contribution in [2.24, 2.45) is 11.3 Å². The number of carboxylic acid groups (broad SMARTS) is 1. The number of rotatable bonds is 4. The Morgan fingerprint density at radius 1 is 1.40 bits per heavy atom. The molecule has 2 rings (SSSR count). The number of nitrogens with zero attached hydrogens (tertiary/aromatic N) is 1. The van der Waals surface area contributed by atoms with Crippen LogP contribution in [0.3, 0.4) is 0 Å². The minimum absolute atomic E-state index is 0.417. The van der Waals surface area contributed by atoms with Gasteiger partial charge in [-0.25, -0.2) is 0 Å². The maximum Gasteiger partial charge on any atom is 0.309 e. The second kappa shape index (κ2) is 4.12. The van der Waals surface area contributed by atoms with Crippen LogP contribution in [0, 0.1) is 11.3 Å². The van der Waals surface area contributed by atoms with Gasteiger partial charge in [-0.1, -0.05) is 6.92 Å². The molecule has 0 aromatic rings. The quantitative estimate of drug-likeness (QED) is 0.773. The molecule has 1 saturated carbocycles. The van der Waals surface area contributed by atoms with Crippen molar-refractivity contribution in [2.75, 3.05) is 19.6 Å². The summed E-state index contributed by atoms with van der Waals surface area (Å²) in [5.41, 5.74) is -0.417. The van der Waals surface area contributed by atoms with E-state index in [1.807, 2.05) is 6.92 Å². The Morgan fingerprint density at radius 2 is 2.00 bits per heavy atom. The number of piperidine rings is 1. The summed E-state index contributed by atoms with van der Waals surface area (Å²) in [5, 5.41) is 9.25. The highest BCUT2D eigenvalue weighted by Crippen LogP contribution is 2.37. The molecule has 0 aromatic heterocycles. The van der Waals surface area contributed by atoms with Gasteiger partial charge in [-0.3, -0.25) is 4.79 Å². The molecule has 1 heterocycles. The lowest BCUT2D eigenvalue weighted by Crippen LogP contribution is -2.44. The van der Waals surface area contributed by atoms with Crippen molar-refractivity contribution < 1.29 is 9.90 Å². The first-order chi connectivity index (χ1) is 7.16. The molecule has 0 amide bonds. The van der Waals surface area contributed by atoms with Crippen molar-refractivity contribution in [3.05, 3.63) is 0 Å². The van der Waals surface area contributed by atoms with E-state index in [0.717, 1.165) is 38.3 Å². The minimum atomic E-state index is -0.587. The Morgan fingerprint density at radius 3 is 2.40 bits per heavy atom. The van der Waals surface area contributed by atoms with Gasteiger partial charge in [0.25, 0.3) is 0 Å². The van der Waals surface area contributed by atoms with Gasteiger partial charge in [0.2, 0.25) is 0 Å². The van der Waals surface area contributed by atoms with E-state index in [1.165, 1.54) is 19.4 Å². The summed E-state index contributed by atoms with van der Waals surface area (Å²) in [6.45, 7) is 5.18. The molecule has 0 spiro atoms. The molecule has 0 aromatic carbocycles. The molecule has 0 atom stereocenters. The second-order valence-corrected chi connectivity index (χ2v) is 5.18. The van der Waals surface area contributed by atoms with Gasteiger partial charge in [0.15, 0.2) is 0 Å². The topological polar surface area (TPSA) is 40.5 Å². The zero-order valence-corrected chi connectivity index (χ0v) is 9.54. The Balaban J connectivity index is 1.85. The van der Waals surface area contributed by atoms with Gasteiger partial charge in [0, 0.05) is 6.54 Å². The Bertz CT molecular complexity index is 240. The van der Waals surface area contributed by atoms with Gasteiger partial charge >= 0.3 is 5.97 Å². The lowest BCUT2D eigenvalue weighted by Gasteiger charge is -2.38. The van der Waals surface area contributed by atoms with Gasteiger partial charge in [-0.15, -0.1) is 0 Å². The zero-order valence-electron chi connectivity index (χ0n) is 9.54. The number of likely N-dealkylation sites (tertiary alicyclic amines) is 1. The van der Waals surface area contributed by atoms with E-state index in [1.54, 1.807) is 0 Å². The molecule has 1 N–H and O–H groups in total. The van der Waals surface area contributed by atoms with Crippen LogP contribution < -0.4 is 0 Å². The molecule has 0 unspecified atom stereocenters. The average molecular weight is 211 g/mol. The fourth-order valence-electron chi connectivity index (χ4n) is 2.55. The van der Waals surface area contributed by atoms with Crippen LogP contribution in [-0.4, -0.2) is 35.6 Å². The first kappa shape index (κ1) is 10.9. The molecule has 2 aliphatic rings. The first-order valence-corrected chi connectivity index (χ1v) is 6.12. The van der Waals surface area contributed by atoms with E-state index in [4.69, 9.17) is 0 Å². The van der Waals surface area contributed by atoms with E-state index < -0.39 is 11.4 Å². The van der Waals surface area contributed by atoms with Crippen LogP contribution in [0.2, 0.25) is 0 Å². The van der Waals surface area contributed by atoms with Gasteiger partial charge < -0.3 is 10.0 Å². The van der Waals surface area contributed by atoms with Crippen molar-refractivity contribution in [2.45, 2.75) is 39.0 Å². The summed E-state index contributed by atoms with van der Waals surface area (Å²) in [4.78, 5) is 13.7. The third kappa shape index (κ3) is 2.33. The number of carboxylic acids is 1. The van der Waals surface area contributed by atoms with Crippen LogP contribution in [0.1, 0.15) is 39.0 Å². The maximum atomic E-state index is 11.2. The molecule has 0 radical (unpaired) electrons. The molecule has 15 heavy (non-hydrogen) atoms. The first-order valence-electron chi connectivity index (χ1n) is 6.12. The highest BCUT2D eigenvalue weighted by Gasteiger charge is 2.40. The third-order valence-electron chi connectivity index (χ3n) is 4.16. The summed E-state index contributed by atoms with van der Waals surface area (Å²) in [5.74, 6) is 0.333. The van der Waals surface area contributed by atoms with Crippen LogP contribution >= 0.6 is 0 Å². The fourth-order valence-corrected chi connectivity index (χ4v) is 2.55. The number of hydrogen-bond acceptors (Lipinski definition) is 2. The number of aliphatic carboxylic acids is 1. The smallest absolute Gasteiger partial charge is 0.309 e. The van der Waals surface area contributed by atoms with Crippen LogP contribution in [-0.2, 0) is 4.79 Å². The van der Waals surface area contributed by atoms with Crippen LogP contribution in [0.4, 0.5) is 0 Å². The van der Waals surface area contributed by atoms with Crippen LogP contribution in [0.25, 0.3) is 0 Å². The SMILES string of the molecule is CCC1(C(=O)O)CCN(CC2CC2)CC1. The van der Waals surface area contributed by atoms with Gasteiger partial charge in [-0.05, 0) is 51.1 Å². The summed E-state index contributed by atoms with van der Waals surface area (Å²) >= 11 is 0. The monoisotopic (exact) mass is 211 g/mol. The second-order valence-electron chi connectivity index (χ2n) is 5.18. The highest BCUT2D eigenvalue weighted by molar-refractivity contribution is 5.74. The predicted octanol–water partition coefficient (Wildman–Crippen LogP) is 1.97. The van der Waals surface area contributed by atoms with Gasteiger partial charge in [0.1, 0.15) is 0 Å². The molecule has 2 fully saturated rings. The summed E-state index contributed by atoms with van der Waals surface area (Å²) < 4.78 is 0.